The van der Waals surface area contributed by atoms with Crippen LogP contribution < -0.4 is 10.6 Å². The number of aliphatic imine (C=N–C) groups is 1. The van der Waals surface area contributed by atoms with E-state index in [2.05, 4.69) is 29.5 Å². The number of guanidine groups is 1. The molecule has 1 amide bonds. The van der Waals surface area contributed by atoms with Crippen LogP contribution in [0.3, 0.4) is 0 Å². The monoisotopic (exact) mass is 488 g/mol. The van der Waals surface area contributed by atoms with E-state index >= 15 is 0 Å². The molecule has 1 aromatic rings. The Balaban J connectivity index is 0.00000364. The Labute approximate surface area is 180 Å². The molecule has 1 saturated heterocycles. The maximum absolute atomic E-state index is 13.1. The van der Waals surface area contributed by atoms with E-state index in [4.69, 9.17) is 4.74 Å². The van der Waals surface area contributed by atoms with Gasteiger partial charge in [0.2, 0.25) is 5.91 Å². The highest BCUT2D eigenvalue weighted by Gasteiger charge is 2.27. The van der Waals surface area contributed by atoms with Gasteiger partial charge in [-0.2, -0.15) is 0 Å². The number of amides is 1. The summed E-state index contributed by atoms with van der Waals surface area (Å²) < 4.78 is 5.38. The molecule has 0 radical (unpaired) electrons. The van der Waals surface area contributed by atoms with Crippen LogP contribution in [0, 0.1) is 5.92 Å². The molecule has 1 atom stereocenters. The van der Waals surface area contributed by atoms with Gasteiger partial charge in [0.15, 0.2) is 5.96 Å². The molecule has 7 heteroatoms. The Kier molecular flexibility index (Phi) is 11.3. The van der Waals surface area contributed by atoms with Crippen molar-refractivity contribution in [3.05, 3.63) is 35.9 Å². The fourth-order valence-corrected chi connectivity index (χ4v) is 2.94. The van der Waals surface area contributed by atoms with E-state index in [9.17, 15) is 4.79 Å². The molecule has 1 aromatic carbocycles. The molecule has 2 N–H and O–H groups in total. The highest BCUT2D eigenvalue weighted by Crippen LogP contribution is 2.18. The summed E-state index contributed by atoms with van der Waals surface area (Å²) in [7, 11) is 1.76. The van der Waals surface area contributed by atoms with Gasteiger partial charge in [0.25, 0.3) is 0 Å². The number of nitrogens with zero attached hydrogens (tertiary/aromatic N) is 2. The first kappa shape index (κ1) is 23.7. The maximum Gasteiger partial charge on any atom is 0.232 e. The van der Waals surface area contributed by atoms with E-state index < -0.39 is 0 Å². The molecular weight excluding hydrogens is 455 g/mol. The van der Waals surface area contributed by atoms with Gasteiger partial charge >= 0.3 is 0 Å². The average molecular weight is 488 g/mol. The normalized spacial score (nSPS) is 15.9. The Morgan fingerprint density at radius 1 is 1.19 bits per heavy atom. The van der Waals surface area contributed by atoms with Crippen molar-refractivity contribution in [1.29, 1.82) is 0 Å². The molecule has 0 bridgehead atoms. The van der Waals surface area contributed by atoms with Crippen LogP contribution in [-0.2, 0) is 9.53 Å². The first-order chi connectivity index (χ1) is 12.6. The second kappa shape index (κ2) is 12.9. The molecule has 1 fully saturated rings. The van der Waals surface area contributed by atoms with Crippen LogP contribution >= 0.6 is 24.0 Å². The van der Waals surface area contributed by atoms with Crippen LogP contribution in [-0.4, -0.2) is 63.2 Å². The lowest BCUT2D eigenvalue weighted by atomic mass is 9.97. The number of morpholine rings is 1. The summed E-state index contributed by atoms with van der Waals surface area (Å²) >= 11 is 0. The van der Waals surface area contributed by atoms with E-state index in [1.54, 1.807) is 7.05 Å². The minimum absolute atomic E-state index is 0. The molecule has 2 rings (SSSR count). The largest absolute Gasteiger partial charge is 0.378 e. The van der Waals surface area contributed by atoms with Crippen molar-refractivity contribution in [1.82, 2.24) is 15.5 Å². The number of ether oxygens (including phenoxy) is 1. The topological polar surface area (TPSA) is 66.0 Å². The molecule has 152 valence electrons. The van der Waals surface area contributed by atoms with Gasteiger partial charge in [-0.25, -0.2) is 0 Å². The Bertz CT molecular complexity index is 575. The zero-order chi connectivity index (χ0) is 18.8. The molecule has 1 aliphatic heterocycles. The summed E-state index contributed by atoms with van der Waals surface area (Å²) in [6, 6.07) is 9.95. The number of benzene rings is 1. The third-order valence-electron chi connectivity index (χ3n) is 4.53. The second-order valence-electron chi connectivity index (χ2n) is 6.96. The predicted molar refractivity (Wildman–Crippen MR) is 121 cm³/mol. The van der Waals surface area contributed by atoms with Crippen LogP contribution in [0.5, 0.6) is 0 Å². The quantitative estimate of drug-likeness (QED) is 0.352. The minimum atomic E-state index is -0.238. The highest BCUT2D eigenvalue weighted by molar-refractivity contribution is 14.0. The molecule has 0 aromatic heterocycles. The van der Waals surface area contributed by atoms with Crippen molar-refractivity contribution in [3.8, 4) is 0 Å². The predicted octanol–water partition coefficient (Wildman–Crippen LogP) is 2.46. The zero-order valence-electron chi connectivity index (χ0n) is 16.6. The summed E-state index contributed by atoms with van der Waals surface area (Å²) in [6.07, 6.45) is 1.08. The van der Waals surface area contributed by atoms with Crippen LogP contribution in [0.2, 0.25) is 0 Å². The molecule has 1 unspecified atom stereocenters. The third kappa shape index (κ3) is 8.04. The Hall–Kier alpha value is -1.35. The van der Waals surface area contributed by atoms with Crippen molar-refractivity contribution in [3.63, 3.8) is 0 Å². The third-order valence-corrected chi connectivity index (χ3v) is 4.53. The molecule has 0 spiro atoms. The Morgan fingerprint density at radius 3 is 2.44 bits per heavy atom. The van der Waals surface area contributed by atoms with E-state index in [-0.39, 0.29) is 35.8 Å². The number of nitrogens with one attached hydrogen (secondary N) is 2. The second-order valence-corrected chi connectivity index (χ2v) is 6.96. The van der Waals surface area contributed by atoms with Gasteiger partial charge < -0.3 is 20.3 Å². The summed E-state index contributed by atoms with van der Waals surface area (Å²) in [5.41, 5.74) is 1.02. The van der Waals surface area contributed by atoms with Crippen molar-refractivity contribution in [2.75, 3.05) is 46.4 Å². The van der Waals surface area contributed by atoms with Gasteiger partial charge in [0.05, 0.1) is 19.1 Å². The van der Waals surface area contributed by atoms with Gasteiger partial charge in [0, 0.05) is 33.2 Å². The van der Waals surface area contributed by atoms with E-state index in [1.807, 2.05) is 35.2 Å². The fourth-order valence-electron chi connectivity index (χ4n) is 2.94. The molecule has 1 aliphatic rings. The minimum Gasteiger partial charge on any atom is -0.378 e. The van der Waals surface area contributed by atoms with Crippen LogP contribution in [0.4, 0.5) is 0 Å². The molecule has 0 saturated carbocycles. The summed E-state index contributed by atoms with van der Waals surface area (Å²) in [5, 5.41) is 6.64. The number of rotatable bonds is 7. The van der Waals surface area contributed by atoms with Crippen LogP contribution in [0.1, 0.15) is 31.7 Å². The van der Waals surface area contributed by atoms with E-state index in [0.29, 0.717) is 38.8 Å². The van der Waals surface area contributed by atoms with Crippen molar-refractivity contribution < 1.29 is 9.53 Å². The summed E-state index contributed by atoms with van der Waals surface area (Å²) in [4.78, 5) is 19.2. The number of hydrogen-bond donors (Lipinski definition) is 2. The fraction of sp³-hybridized carbons (Fsp3) is 0.600. The standard InChI is InChI=1S/C20H32N4O2.HI/c1-16(2)9-10-22-20(21-3)23-15-18(17-7-5-4-6-8-17)19(25)24-11-13-26-14-12-24;/h4-8,16,18H,9-15H2,1-3H3,(H2,21,22,23);1H. The molecule has 1 heterocycles. The van der Waals surface area contributed by atoms with Gasteiger partial charge in [-0.15, -0.1) is 24.0 Å². The molecule has 27 heavy (non-hydrogen) atoms. The molecule has 0 aliphatic carbocycles. The summed E-state index contributed by atoms with van der Waals surface area (Å²) in [6.45, 7) is 8.31. The van der Waals surface area contributed by atoms with Gasteiger partial charge in [-0.05, 0) is 17.9 Å². The number of carbonyl (C=O) groups excluding carboxylic acids is 1. The lowest BCUT2D eigenvalue weighted by Crippen LogP contribution is -2.47. The number of hydrogen-bond acceptors (Lipinski definition) is 3. The SMILES string of the molecule is CN=C(NCCC(C)C)NCC(C(=O)N1CCOCC1)c1ccccc1.I. The average Bonchev–Trinajstić information content (AvgIpc) is 2.67. The van der Waals surface area contributed by atoms with Gasteiger partial charge in [-0.3, -0.25) is 9.79 Å². The molecule has 6 nitrogen and oxygen atoms in total. The Morgan fingerprint density at radius 2 is 1.85 bits per heavy atom. The smallest absolute Gasteiger partial charge is 0.232 e. The van der Waals surface area contributed by atoms with Crippen LogP contribution in [0.25, 0.3) is 0 Å². The molecular formula is C20H33IN4O2. The first-order valence-corrected chi connectivity index (χ1v) is 9.47. The van der Waals surface area contributed by atoms with Crippen molar-refractivity contribution in [2.45, 2.75) is 26.2 Å². The highest BCUT2D eigenvalue weighted by atomic mass is 127. The lowest BCUT2D eigenvalue weighted by molar-refractivity contribution is -0.136. The lowest BCUT2D eigenvalue weighted by Gasteiger charge is -2.31. The van der Waals surface area contributed by atoms with Gasteiger partial charge in [-0.1, -0.05) is 44.2 Å². The van der Waals surface area contributed by atoms with Crippen molar-refractivity contribution >= 4 is 35.8 Å². The van der Waals surface area contributed by atoms with E-state index in [0.717, 1.165) is 24.5 Å². The maximum atomic E-state index is 13.1. The van der Waals surface area contributed by atoms with Crippen molar-refractivity contribution in [2.24, 2.45) is 10.9 Å². The summed E-state index contributed by atoms with van der Waals surface area (Å²) in [5.74, 6) is 1.28. The zero-order valence-corrected chi connectivity index (χ0v) is 18.9. The first-order valence-electron chi connectivity index (χ1n) is 9.47. The van der Waals surface area contributed by atoms with E-state index in [1.165, 1.54) is 0 Å². The number of halogens is 1. The number of carbonyl (C=O) groups is 1. The van der Waals surface area contributed by atoms with Crippen LogP contribution in [0.15, 0.2) is 35.3 Å². The van der Waals surface area contributed by atoms with Gasteiger partial charge in [0.1, 0.15) is 0 Å².